The molecule has 0 fully saturated rings. The molecule has 0 spiro atoms. The van der Waals surface area contributed by atoms with Crippen LogP contribution < -0.4 is 9.62 Å². The maximum absolute atomic E-state index is 12.5. The van der Waals surface area contributed by atoms with Crippen molar-refractivity contribution in [3.63, 3.8) is 0 Å². The van der Waals surface area contributed by atoms with Gasteiger partial charge in [0.15, 0.2) is 0 Å². The van der Waals surface area contributed by atoms with Gasteiger partial charge in [0.25, 0.3) is 0 Å². The number of aryl methyl sites for hydroxylation is 4. The summed E-state index contributed by atoms with van der Waals surface area (Å²) in [6.45, 7) is 6.17. The van der Waals surface area contributed by atoms with Crippen molar-refractivity contribution < 1.29 is 13.2 Å². The zero-order valence-electron chi connectivity index (χ0n) is 18.4. The summed E-state index contributed by atoms with van der Waals surface area (Å²) < 4.78 is 26.0. The van der Waals surface area contributed by atoms with Gasteiger partial charge in [-0.25, -0.2) is 8.42 Å². The van der Waals surface area contributed by atoms with E-state index in [1.54, 1.807) is 0 Å². The molecule has 0 saturated carbocycles. The van der Waals surface area contributed by atoms with Crippen molar-refractivity contribution in [2.45, 2.75) is 58.9 Å². The molecule has 6 heteroatoms. The summed E-state index contributed by atoms with van der Waals surface area (Å²) in [6.07, 6.45) is 5.42. The molecule has 0 heterocycles. The number of nitrogens with one attached hydrogen (secondary N) is 1. The van der Waals surface area contributed by atoms with E-state index < -0.39 is 10.0 Å². The minimum absolute atomic E-state index is 0.0585. The molecule has 1 amide bonds. The van der Waals surface area contributed by atoms with Crippen LogP contribution in [0.3, 0.4) is 0 Å². The third-order valence-corrected chi connectivity index (χ3v) is 6.85. The number of hydrogen-bond acceptors (Lipinski definition) is 3. The Kier molecular flexibility index (Phi) is 6.86. The maximum Gasteiger partial charge on any atom is 0.232 e. The number of benzene rings is 2. The number of fused-ring (bicyclic) bond motifs is 1. The molecule has 2 aromatic carbocycles. The molecule has 0 bridgehead atoms. The van der Waals surface area contributed by atoms with Gasteiger partial charge in [0.05, 0.1) is 18.0 Å². The Labute approximate surface area is 180 Å². The first-order valence-electron chi connectivity index (χ1n) is 10.6. The highest BCUT2D eigenvalue weighted by Gasteiger charge is 2.19. The van der Waals surface area contributed by atoms with Gasteiger partial charge in [-0.15, -0.1) is 0 Å². The summed E-state index contributed by atoms with van der Waals surface area (Å²) in [5.74, 6) is -0.0585. The Morgan fingerprint density at radius 1 is 1.07 bits per heavy atom. The molecule has 0 aliphatic heterocycles. The van der Waals surface area contributed by atoms with Gasteiger partial charge in [0.2, 0.25) is 15.9 Å². The van der Waals surface area contributed by atoms with Gasteiger partial charge in [0.1, 0.15) is 0 Å². The van der Waals surface area contributed by atoms with Crippen molar-refractivity contribution in [3.8, 4) is 0 Å². The number of rotatable bonds is 8. The number of nitrogens with zero attached hydrogens (tertiary/aromatic N) is 1. The highest BCUT2D eigenvalue weighted by atomic mass is 32.2. The molecule has 1 aliphatic carbocycles. The second kappa shape index (κ2) is 9.21. The molecule has 162 valence electrons. The number of carbonyl (C=O) groups excluding carboxylic acids is 1. The van der Waals surface area contributed by atoms with Crippen LogP contribution in [-0.4, -0.2) is 27.1 Å². The van der Waals surface area contributed by atoms with E-state index in [0.29, 0.717) is 12.1 Å². The first kappa shape index (κ1) is 22.3. The number of anilines is 1. The smallest absolute Gasteiger partial charge is 0.232 e. The van der Waals surface area contributed by atoms with Crippen molar-refractivity contribution in [2.24, 2.45) is 0 Å². The predicted octanol–water partition coefficient (Wildman–Crippen LogP) is 4.22. The van der Waals surface area contributed by atoms with Crippen LogP contribution in [0.2, 0.25) is 0 Å². The fourth-order valence-electron chi connectivity index (χ4n) is 4.22. The van der Waals surface area contributed by atoms with E-state index in [0.717, 1.165) is 29.5 Å². The van der Waals surface area contributed by atoms with Crippen LogP contribution >= 0.6 is 0 Å². The van der Waals surface area contributed by atoms with Crippen LogP contribution in [-0.2, 0) is 27.7 Å². The van der Waals surface area contributed by atoms with E-state index in [2.05, 4.69) is 23.5 Å². The van der Waals surface area contributed by atoms with Gasteiger partial charge in [0, 0.05) is 13.0 Å². The SMILES string of the molecule is Cc1cc(C)cc(N(CCCC(=O)NC(C)c2ccc3c(c2)CCC3)S(C)(=O)=O)c1. The van der Waals surface area contributed by atoms with E-state index >= 15 is 0 Å². The number of sulfonamides is 1. The van der Waals surface area contributed by atoms with E-state index in [1.165, 1.54) is 28.1 Å². The zero-order valence-corrected chi connectivity index (χ0v) is 19.2. The fraction of sp³-hybridized carbons (Fsp3) is 0.458. The van der Waals surface area contributed by atoms with Gasteiger partial charge in [-0.3, -0.25) is 9.10 Å². The first-order chi connectivity index (χ1) is 14.1. The monoisotopic (exact) mass is 428 g/mol. The quantitative estimate of drug-likeness (QED) is 0.685. The first-order valence-corrected chi connectivity index (χ1v) is 12.5. The lowest BCUT2D eigenvalue weighted by Gasteiger charge is -2.23. The molecule has 5 nitrogen and oxygen atoms in total. The van der Waals surface area contributed by atoms with Crippen molar-refractivity contribution in [3.05, 3.63) is 64.2 Å². The lowest BCUT2D eigenvalue weighted by atomic mass is 10.0. The third kappa shape index (κ3) is 5.63. The summed E-state index contributed by atoms with van der Waals surface area (Å²) in [6, 6.07) is 12.2. The zero-order chi connectivity index (χ0) is 21.9. The van der Waals surface area contributed by atoms with E-state index in [9.17, 15) is 13.2 Å². The summed E-state index contributed by atoms with van der Waals surface area (Å²) in [4.78, 5) is 12.5. The van der Waals surface area contributed by atoms with Crippen LogP contribution in [0.1, 0.15) is 60.0 Å². The van der Waals surface area contributed by atoms with Crippen molar-refractivity contribution in [2.75, 3.05) is 17.1 Å². The van der Waals surface area contributed by atoms with Crippen LogP contribution in [0.25, 0.3) is 0 Å². The highest BCUT2D eigenvalue weighted by Crippen LogP contribution is 2.25. The minimum Gasteiger partial charge on any atom is -0.350 e. The molecule has 0 saturated heterocycles. The number of hydrogen-bond donors (Lipinski definition) is 1. The van der Waals surface area contributed by atoms with Crippen LogP contribution in [0.5, 0.6) is 0 Å². The average molecular weight is 429 g/mol. The van der Waals surface area contributed by atoms with Crippen LogP contribution in [0.4, 0.5) is 5.69 Å². The molecule has 0 radical (unpaired) electrons. The molecule has 1 N–H and O–H groups in total. The van der Waals surface area contributed by atoms with Crippen molar-refractivity contribution in [1.29, 1.82) is 0 Å². The molecule has 30 heavy (non-hydrogen) atoms. The Morgan fingerprint density at radius 2 is 1.73 bits per heavy atom. The average Bonchev–Trinajstić information content (AvgIpc) is 3.11. The fourth-order valence-corrected chi connectivity index (χ4v) is 5.17. The standard InChI is InChI=1S/C24H32N2O3S/c1-17-13-18(2)15-23(14-17)26(30(4,28)29)12-6-9-24(27)25-19(3)21-11-10-20-7-5-8-22(20)16-21/h10-11,13-16,19H,5-9,12H2,1-4H3,(H,25,27). The second-order valence-electron chi connectivity index (χ2n) is 8.46. The number of carbonyl (C=O) groups is 1. The molecule has 3 rings (SSSR count). The van der Waals surface area contributed by atoms with E-state index in [-0.39, 0.29) is 24.9 Å². The van der Waals surface area contributed by atoms with Gasteiger partial charge < -0.3 is 5.32 Å². The van der Waals surface area contributed by atoms with Gasteiger partial charge in [-0.05, 0) is 86.4 Å². The molecule has 0 aromatic heterocycles. The van der Waals surface area contributed by atoms with Crippen LogP contribution in [0, 0.1) is 13.8 Å². The lowest BCUT2D eigenvalue weighted by Crippen LogP contribution is -2.32. The molecule has 1 atom stereocenters. The molecular formula is C24H32N2O3S. The third-order valence-electron chi connectivity index (χ3n) is 5.66. The minimum atomic E-state index is -3.42. The molecule has 1 aliphatic rings. The van der Waals surface area contributed by atoms with Crippen molar-refractivity contribution in [1.82, 2.24) is 5.32 Å². The predicted molar refractivity (Wildman–Crippen MR) is 122 cm³/mol. The number of amides is 1. The van der Waals surface area contributed by atoms with Crippen LogP contribution in [0.15, 0.2) is 36.4 Å². The Morgan fingerprint density at radius 3 is 2.40 bits per heavy atom. The normalized spacial score (nSPS) is 14.3. The van der Waals surface area contributed by atoms with E-state index in [4.69, 9.17) is 0 Å². The molecule has 1 unspecified atom stereocenters. The summed E-state index contributed by atoms with van der Waals surface area (Å²) in [5, 5.41) is 3.05. The van der Waals surface area contributed by atoms with Gasteiger partial charge >= 0.3 is 0 Å². The van der Waals surface area contributed by atoms with Gasteiger partial charge in [-0.1, -0.05) is 24.3 Å². The topological polar surface area (TPSA) is 66.5 Å². The molecule has 2 aromatic rings. The van der Waals surface area contributed by atoms with Gasteiger partial charge in [-0.2, -0.15) is 0 Å². The second-order valence-corrected chi connectivity index (χ2v) is 10.4. The Hall–Kier alpha value is -2.34. The summed E-state index contributed by atoms with van der Waals surface area (Å²) >= 11 is 0. The molecular weight excluding hydrogens is 396 g/mol. The van der Waals surface area contributed by atoms with E-state index in [1.807, 2.05) is 39.0 Å². The van der Waals surface area contributed by atoms with Crippen molar-refractivity contribution >= 4 is 21.6 Å². The largest absolute Gasteiger partial charge is 0.350 e. The summed E-state index contributed by atoms with van der Waals surface area (Å²) in [5.41, 5.74) is 6.62. The maximum atomic E-state index is 12.5. The lowest BCUT2D eigenvalue weighted by molar-refractivity contribution is -0.121. The highest BCUT2D eigenvalue weighted by molar-refractivity contribution is 7.92. The Bertz CT molecular complexity index is 1010. The Balaban J connectivity index is 1.57. The summed E-state index contributed by atoms with van der Waals surface area (Å²) in [7, 11) is -3.42.